The zero-order valence-corrected chi connectivity index (χ0v) is 15.8. The van der Waals surface area contributed by atoms with E-state index in [1.54, 1.807) is 18.2 Å². The largest absolute Gasteiger partial charge is 0.494 e. The normalized spacial score (nSPS) is 11.5. The first-order valence-electron chi connectivity index (χ1n) is 8.05. The quantitative estimate of drug-likeness (QED) is 0.742. The van der Waals surface area contributed by atoms with E-state index in [0.29, 0.717) is 12.2 Å². The highest BCUT2D eigenvalue weighted by Crippen LogP contribution is 2.17. The lowest BCUT2D eigenvalue weighted by Crippen LogP contribution is -2.38. The molecule has 0 heterocycles. The van der Waals surface area contributed by atoms with Crippen LogP contribution in [0.1, 0.15) is 35.8 Å². The lowest BCUT2D eigenvalue weighted by atomic mass is 10.1. The SMILES string of the molecule is CCOc1ccc([C@H](C)NC(=O)CNC(=O)c2cccc(Br)c2)cc1. The van der Waals surface area contributed by atoms with Crippen molar-refractivity contribution < 1.29 is 14.3 Å². The summed E-state index contributed by atoms with van der Waals surface area (Å²) in [5.41, 5.74) is 1.47. The molecule has 0 saturated heterocycles. The van der Waals surface area contributed by atoms with Gasteiger partial charge in [-0.2, -0.15) is 0 Å². The molecule has 2 rings (SSSR count). The van der Waals surface area contributed by atoms with Crippen molar-refractivity contribution in [2.75, 3.05) is 13.2 Å². The zero-order valence-electron chi connectivity index (χ0n) is 14.2. The molecule has 0 aromatic heterocycles. The first kappa shape index (κ1) is 19.0. The van der Waals surface area contributed by atoms with Crippen LogP contribution in [-0.4, -0.2) is 25.0 Å². The maximum atomic E-state index is 12.0. The van der Waals surface area contributed by atoms with Crippen LogP contribution < -0.4 is 15.4 Å². The van der Waals surface area contributed by atoms with Crippen molar-refractivity contribution in [2.45, 2.75) is 19.9 Å². The molecule has 0 aliphatic carbocycles. The summed E-state index contributed by atoms with van der Waals surface area (Å²) in [5, 5.41) is 5.48. The molecular weight excluding hydrogens is 384 g/mol. The molecule has 132 valence electrons. The molecule has 2 N–H and O–H groups in total. The summed E-state index contributed by atoms with van der Waals surface area (Å²) in [7, 11) is 0. The molecule has 0 spiro atoms. The molecule has 5 nitrogen and oxygen atoms in total. The van der Waals surface area contributed by atoms with Crippen molar-refractivity contribution in [1.82, 2.24) is 10.6 Å². The van der Waals surface area contributed by atoms with Gasteiger partial charge in [0.15, 0.2) is 0 Å². The van der Waals surface area contributed by atoms with E-state index < -0.39 is 0 Å². The van der Waals surface area contributed by atoms with Gasteiger partial charge < -0.3 is 15.4 Å². The number of carbonyl (C=O) groups excluding carboxylic acids is 2. The van der Waals surface area contributed by atoms with Crippen LogP contribution in [0.2, 0.25) is 0 Å². The molecule has 0 aliphatic heterocycles. The third-order valence-corrected chi connectivity index (χ3v) is 4.06. The van der Waals surface area contributed by atoms with Gasteiger partial charge in [0.2, 0.25) is 5.91 Å². The molecule has 2 aromatic carbocycles. The number of hydrogen-bond acceptors (Lipinski definition) is 3. The Morgan fingerprint density at radius 3 is 2.52 bits per heavy atom. The predicted molar refractivity (Wildman–Crippen MR) is 101 cm³/mol. The van der Waals surface area contributed by atoms with Crippen LogP contribution in [0.5, 0.6) is 5.75 Å². The van der Waals surface area contributed by atoms with Crippen LogP contribution in [0.3, 0.4) is 0 Å². The van der Waals surface area contributed by atoms with Gasteiger partial charge in [-0.25, -0.2) is 0 Å². The van der Waals surface area contributed by atoms with Crippen LogP contribution in [0, 0.1) is 0 Å². The van der Waals surface area contributed by atoms with Crippen LogP contribution >= 0.6 is 15.9 Å². The second kappa shape index (κ2) is 9.22. The average Bonchev–Trinajstić information content (AvgIpc) is 2.60. The number of benzene rings is 2. The van der Waals surface area contributed by atoms with E-state index in [4.69, 9.17) is 4.74 Å². The summed E-state index contributed by atoms with van der Waals surface area (Å²) in [4.78, 5) is 24.1. The van der Waals surface area contributed by atoms with Crippen LogP contribution in [0.15, 0.2) is 53.0 Å². The Morgan fingerprint density at radius 2 is 1.88 bits per heavy atom. The highest BCUT2D eigenvalue weighted by Gasteiger charge is 2.12. The van der Waals surface area contributed by atoms with Crippen molar-refractivity contribution in [2.24, 2.45) is 0 Å². The summed E-state index contributed by atoms with van der Waals surface area (Å²) in [6.07, 6.45) is 0. The Balaban J connectivity index is 1.83. The third kappa shape index (κ3) is 5.90. The lowest BCUT2D eigenvalue weighted by molar-refractivity contribution is -0.120. The standard InChI is InChI=1S/C19H21BrN2O3/c1-3-25-17-9-7-14(8-10-17)13(2)22-18(23)12-21-19(24)15-5-4-6-16(20)11-15/h4-11,13H,3,12H2,1-2H3,(H,21,24)(H,22,23)/t13-/m0/s1. The molecule has 25 heavy (non-hydrogen) atoms. The predicted octanol–water partition coefficient (Wildman–Crippen LogP) is 3.46. The van der Waals surface area contributed by atoms with E-state index in [0.717, 1.165) is 15.8 Å². The molecule has 0 bridgehead atoms. The highest BCUT2D eigenvalue weighted by molar-refractivity contribution is 9.10. The van der Waals surface area contributed by atoms with Crippen molar-refractivity contribution >= 4 is 27.7 Å². The summed E-state index contributed by atoms with van der Waals surface area (Å²) < 4.78 is 6.21. The van der Waals surface area contributed by atoms with E-state index in [1.807, 2.05) is 44.2 Å². The molecule has 0 unspecified atom stereocenters. The van der Waals surface area contributed by atoms with Gasteiger partial charge in [0, 0.05) is 10.0 Å². The zero-order chi connectivity index (χ0) is 18.2. The van der Waals surface area contributed by atoms with Gasteiger partial charge in [-0.3, -0.25) is 9.59 Å². The lowest BCUT2D eigenvalue weighted by Gasteiger charge is -2.15. The Kier molecular flexibility index (Phi) is 7.01. The molecule has 1 atom stereocenters. The maximum Gasteiger partial charge on any atom is 0.251 e. The minimum atomic E-state index is -0.287. The third-order valence-electron chi connectivity index (χ3n) is 3.56. The molecule has 0 saturated carbocycles. The number of rotatable bonds is 7. The second-order valence-electron chi connectivity index (χ2n) is 5.48. The summed E-state index contributed by atoms with van der Waals surface area (Å²) in [6, 6.07) is 14.4. The summed E-state index contributed by atoms with van der Waals surface area (Å²) in [6.45, 7) is 4.36. The van der Waals surface area contributed by atoms with Crippen molar-refractivity contribution in [3.63, 3.8) is 0 Å². The van der Waals surface area contributed by atoms with Crippen molar-refractivity contribution in [1.29, 1.82) is 0 Å². The van der Waals surface area contributed by atoms with Gasteiger partial charge >= 0.3 is 0 Å². The first-order chi connectivity index (χ1) is 12.0. The van der Waals surface area contributed by atoms with Crippen LogP contribution in [-0.2, 0) is 4.79 Å². The molecule has 2 aromatic rings. The average molecular weight is 405 g/mol. The smallest absolute Gasteiger partial charge is 0.251 e. The van der Waals surface area contributed by atoms with E-state index in [1.165, 1.54) is 0 Å². The molecule has 2 amide bonds. The monoisotopic (exact) mass is 404 g/mol. The Labute approximate surface area is 155 Å². The Bertz CT molecular complexity index is 732. The molecule has 0 fully saturated rings. The maximum absolute atomic E-state index is 12.0. The molecule has 0 radical (unpaired) electrons. The molecule has 0 aliphatic rings. The topological polar surface area (TPSA) is 67.4 Å². The van der Waals surface area contributed by atoms with Gasteiger partial charge in [0.1, 0.15) is 5.75 Å². The molecule has 6 heteroatoms. The number of carbonyl (C=O) groups is 2. The minimum Gasteiger partial charge on any atom is -0.494 e. The van der Waals surface area contributed by atoms with Crippen LogP contribution in [0.25, 0.3) is 0 Å². The van der Waals surface area contributed by atoms with Gasteiger partial charge in [0.25, 0.3) is 5.91 Å². The fourth-order valence-corrected chi connectivity index (χ4v) is 2.69. The fourth-order valence-electron chi connectivity index (χ4n) is 2.29. The van der Waals surface area contributed by atoms with E-state index in [-0.39, 0.29) is 24.4 Å². The van der Waals surface area contributed by atoms with Gasteiger partial charge in [0.05, 0.1) is 19.2 Å². The minimum absolute atomic E-state index is 0.0767. The number of hydrogen-bond donors (Lipinski definition) is 2. The van der Waals surface area contributed by atoms with Gasteiger partial charge in [-0.05, 0) is 49.7 Å². The van der Waals surface area contributed by atoms with E-state index in [2.05, 4.69) is 26.6 Å². The summed E-state index contributed by atoms with van der Waals surface area (Å²) >= 11 is 3.32. The molecular formula is C19H21BrN2O3. The first-order valence-corrected chi connectivity index (χ1v) is 8.84. The number of nitrogens with one attached hydrogen (secondary N) is 2. The van der Waals surface area contributed by atoms with Crippen LogP contribution in [0.4, 0.5) is 0 Å². The second-order valence-corrected chi connectivity index (χ2v) is 6.40. The number of amides is 2. The fraction of sp³-hybridized carbons (Fsp3) is 0.263. The number of halogens is 1. The summed E-state index contributed by atoms with van der Waals surface area (Å²) in [5.74, 6) is 0.265. The Hall–Kier alpha value is -2.34. The van der Waals surface area contributed by atoms with E-state index >= 15 is 0 Å². The van der Waals surface area contributed by atoms with Gasteiger partial charge in [-0.15, -0.1) is 0 Å². The van der Waals surface area contributed by atoms with E-state index in [9.17, 15) is 9.59 Å². The highest BCUT2D eigenvalue weighted by atomic mass is 79.9. The van der Waals surface area contributed by atoms with Gasteiger partial charge in [-0.1, -0.05) is 34.1 Å². The number of ether oxygens (including phenoxy) is 1. The van der Waals surface area contributed by atoms with Crippen molar-refractivity contribution in [3.8, 4) is 5.75 Å². The Morgan fingerprint density at radius 1 is 1.16 bits per heavy atom. The van der Waals surface area contributed by atoms with Crippen molar-refractivity contribution in [3.05, 3.63) is 64.1 Å².